The van der Waals surface area contributed by atoms with Crippen molar-refractivity contribution in [1.29, 1.82) is 0 Å². The van der Waals surface area contributed by atoms with Crippen LogP contribution in [0.3, 0.4) is 0 Å². The van der Waals surface area contributed by atoms with Gasteiger partial charge < -0.3 is 10.0 Å². The van der Waals surface area contributed by atoms with Crippen molar-refractivity contribution in [2.24, 2.45) is 5.92 Å². The first-order valence-electron chi connectivity index (χ1n) is 5.94. The summed E-state index contributed by atoms with van der Waals surface area (Å²) in [5.74, 6) is 0.242. The van der Waals surface area contributed by atoms with Crippen LogP contribution in [0.5, 0.6) is 0 Å². The Labute approximate surface area is 105 Å². The van der Waals surface area contributed by atoms with Crippen molar-refractivity contribution in [1.82, 2.24) is 9.27 Å². The largest absolute Gasteiger partial charge is 0.393 e. The first-order chi connectivity index (χ1) is 8.09. The minimum atomic E-state index is -0.244. The zero-order valence-electron chi connectivity index (χ0n) is 10.2. The van der Waals surface area contributed by atoms with Gasteiger partial charge in [-0.2, -0.15) is 4.37 Å². The van der Waals surface area contributed by atoms with E-state index < -0.39 is 0 Å². The molecule has 0 saturated heterocycles. The molecular formula is C12H18N2O2S. The molecule has 1 aromatic heterocycles. The zero-order valence-corrected chi connectivity index (χ0v) is 11.0. The van der Waals surface area contributed by atoms with Crippen molar-refractivity contribution in [3.63, 3.8) is 0 Å². The van der Waals surface area contributed by atoms with Crippen LogP contribution < -0.4 is 0 Å². The van der Waals surface area contributed by atoms with Crippen LogP contribution >= 0.6 is 11.5 Å². The normalized spacial score (nSPS) is 23.9. The van der Waals surface area contributed by atoms with Crippen molar-refractivity contribution >= 4 is 17.4 Å². The van der Waals surface area contributed by atoms with E-state index in [-0.39, 0.29) is 17.9 Å². The average Bonchev–Trinajstić information content (AvgIpc) is 2.88. The topological polar surface area (TPSA) is 53.4 Å². The predicted molar refractivity (Wildman–Crippen MR) is 67.2 cm³/mol. The van der Waals surface area contributed by atoms with E-state index in [0.717, 1.165) is 25.0 Å². The smallest absolute Gasteiger partial charge is 0.256 e. The molecule has 2 rings (SSSR count). The molecule has 0 aromatic carbocycles. The fourth-order valence-electron chi connectivity index (χ4n) is 2.37. The molecule has 0 radical (unpaired) electrons. The van der Waals surface area contributed by atoms with E-state index >= 15 is 0 Å². The van der Waals surface area contributed by atoms with Gasteiger partial charge in [0, 0.05) is 24.9 Å². The third kappa shape index (κ3) is 2.66. The number of nitrogens with zero attached hydrogens (tertiary/aromatic N) is 2. The van der Waals surface area contributed by atoms with Crippen LogP contribution in [0.25, 0.3) is 0 Å². The van der Waals surface area contributed by atoms with Gasteiger partial charge in [-0.15, -0.1) is 0 Å². The molecule has 1 fully saturated rings. The van der Waals surface area contributed by atoms with Gasteiger partial charge in [0.15, 0.2) is 0 Å². The Kier molecular flexibility index (Phi) is 3.79. The SMILES string of the molecule is Cc1nscc1C(=O)N(C)CC1CCCC1O. The lowest BCUT2D eigenvalue weighted by atomic mass is 10.1. The second kappa shape index (κ2) is 5.14. The van der Waals surface area contributed by atoms with Gasteiger partial charge in [0.25, 0.3) is 5.91 Å². The van der Waals surface area contributed by atoms with E-state index in [2.05, 4.69) is 4.37 Å². The standard InChI is InChI=1S/C12H18N2O2S/c1-8-10(7-17-13-8)12(16)14(2)6-9-4-3-5-11(9)15/h7,9,11,15H,3-6H2,1-2H3. The molecule has 5 heteroatoms. The number of aromatic nitrogens is 1. The van der Waals surface area contributed by atoms with Crippen LogP contribution in [0, 0.1) is 12.8 Å². The van der Waals surface area contributed by atoms with Crippen LogP contribution in [-0.2, 0) is 0 Å². The fraction of sp³-hybridized carbons (Fsp3) is 0.667. The maximum Gasteiger partial charge on any atom is 0.256 e. The molecule has 1 N–H and O–H groups in total. The van der Waals surface area contributed by atoms with Gasteiger partial charge in [-0.25, -0.2) is 0 Å². The molecule has 1 aromatic rings. The van der Waals surface area contributed by atoms with Gasteiger partial charge in [0.05, 0.1) is 17.4 Å². The van der Waals surface area contributed by atoms with Gasteiger partial charge in [-0.3, -0.25) is 4.79 Å². The second-order valence-electron chi connectivity index (χ2n) is 4.76. The van der Waals surface area contributed by atoms with Crippen molar-refractivity contribution < 1.29 is 9.90 Å². The van der Waals surface area contributed by atoms with Crippen LogP contribution in [-0.4, -0.2) is 40.0 Å². The van der Waals surface area contributed by atoms with Crippen LogP contribution in [0.15, 0.2) is 5.38 Å². The van der Waals surface area contributed by atoms with Gasteiger partial charge in [-0.1, -0.05) is 6.42 Å². The van der Waals surface area contributed by atoms with Crippen molar-refractivity contribution in [3.8, 4) is 0 Å². The lowest BCUT2D eigenvalue weighted by Crippen LogP contribution is -2.34. The number of aryl methyl sites for hydroxylation is 1. The number of amides is 1. The van der Waals surface area contributed by atoms with Crippen LogP contribution in [0.2, 0.25) is 0 Å². The summed E-state index contributed by atoms with van der Waals surface area (Å²) in [6, 6.07) is 0. The summed E-state index contributed by atoms with van der Waals surface area (Å²) >= 11 is 1.31. The summed E-state index contributed by atoms with van der Waals surface area (Å²) in [6.45, 7) is 2.48. The molecule has 1 aliphatic rings. The lowest BCUT2D eigenvalue weighted by molar-refractivity contribution is 0.0693. The highest BCUT2D eigenvalue weighted by molar-refractivity contribution is 7.03. The molecular weight excluding hydrogens is 236 g/mol. The number of aliphatic hydroxyl groups is 1. The molecule has 1 heterocycles. The van der Waals surface area contributed by atoms with Crippen LogP contribution in [0.1, 0.15) is 35.3 Å². The summed E-state index contributed by atoms with van der Waals surface area (Å²) in [4.78, 5) is 13.8. The van der Waals surface area contributed by atoms with E-state index in [1.807, 2.05) is 6.92 Å². The average molecular weight is 254 g/mol. The van der Waals surface area contributed by atoms with Gasteiger partial charge >= 0.3 is 0 Å². The maximum absolute atomic E-state index is 12.1. The summed E-state index contributed by atoms with van der Waals surface area (Å²) < 4.78 is 4.11. The van der Waals surface area contributed by atoms with E-state index in [0.29, 0.717) is 12.1 Å². The fourth-order valence-corrected chi connectivity index (χ4v) is 3.05. The number of carbonyl (C=O) groups excluding carboxylic acids is 1. The summed E-state index contributed by atoms with van der Waals surface area (Å²) in [7, 11) is 1.80. The molecule has 94 valence electrons. The number of rotatable bonds is 3. The molecule has 4 nitrogen and oxygen atoms in total. The van der Waals surface area contributed by atoms with E-state index in [9.17, 15) is 9.90 Å². The quantitative estimate of drug-likeness (QED) is 0.893. The van der Waals surface area contributed by atoms with Crippen molar-refractivity contribution in [3.05, 3.63) is 16.6 Å². The van der Waals surface area contributed by atoms with Gasteiger partial charge in [0.2, 0.25) is 0 Å². The molecule has 17 heavy (non-hydrogen) atoms. The third-order valence-corrected chi connectivity index (χ3v) is 4.17. The highest BCUT2D eigenvalue weighted by atomic mass is 32.1. The van der Waals surface area contributed by atoms with Gasteiger partial charge in [0.1, 0.15) is 0 Å². The Morgan fingerprint density at radius 3 is 2.94 bits per heavy atom. The molecule has 1 aliphatic carbocycles. The molecule has 0 aliphatic heterocycles. The third-order valence-electron chi connectivity index (χ3n) is 3.45. The molecule has 2 unspecified atom stereocenters. The Morgan fingerprint density at radius 1 is 1.65 bits per heavy atom. The molecule has 2 atom stereocenters. The van der Waals surface area contributed by atoms with Crippen molar-refractivity contribution in [2.75, 3.05) is 13.6 Å². The first kappa shape index (κ1) is 12.5. The number of hydrogen-bond acceptors (Lipinski definition) is 4. The lowest BCUT2D eigenvalue weighted by Gasteiger charge is -2.23. The number of aliphatic hydroxyl groups excluding tert-OH is 1. The predicted octanol–water partition coefficient (Wildman–Crippen LogP) is 1.68. The molecule has 1 saturated carbocycles. The van der Waals surface area contributed by atoms with Crippen LogP contribution in [0.4, 0.5) is 0 Å². The highest BCUT2D eigenvalue weighted by Gasteiger charge is 2.28. The Bertz CT molecular complexity index is 405. The molecule has 0 bridgehead atoms. The molecule has 0 spiro atoms. The zero-order chi connectivity index (χ0) is 12.4. The Balaban J connectivity index is 1.98. The van der Waals surface area contributed by atoms with E-state index in [1.165, 1.54) is 11.5 Å². The summed E-state index contributed by atoms with van der Waals surface area (Å²) in [5, 5.41) is 11.5. The second-order valence-corrected chi connectivity index (χ2v) is 5.39. The first-order valence-corrected chi connectivity index (χ1v) is 6.77. The maximum atomic E-state index is 12.1. The highest BCUT2D eigenvalue weighted by Crippen LogP contribution is 2.26. The number of carbonyl (C=O) groups is 1. The van der Waals surface area contributed by atoms with Crippen molar-refractivity contribution in [2.45, 2.75) is 32.3 Å². The Morgan fingerprint density at radius 2 is 2.41 bits per heavy atom. The summed E-state index contributed by atoms with van der Waals surface area (Å²) in [6.07, 6.45) is 2.70. The van der Waals surface area contributed by atoms with E-state index in [1.54, 1.807) is 17.3 Å². The minimum absolute atomic E-state index is 0.00958. The Hall–Kier alpha value is -0.940. The number of hydrogen-bond donors (Lipinski definition) is 1. The minimum Gasteiger partial charge on any atom is -0.393 e. The summed E-state index contributed by atoms with van der Waals surface area (Å²) in [5.41, 5.74) is 1.48. The van der Waals surface area contributed by atoms with E-state index in [4.69, 9.17) is 0 Å². The monoisotopic (exact) mass is 254 g/mol. The molecule has 1 amide bonds. The van der Waals surface area contributed by atoms with Gasteiger partial charge in [-0.05, 0) is 31.3 Å².